The topological polar surface area (TPSA) is 32.8 Å². The summed E-state index contributed by atoms with van der Waals surface area (Å²) in [6, 6.07) is 20.2. The number of carbonyl (C=O) groups excluding carboxylic acids is 1. The molecule has 4 nitrogen and oxygen atoms in total. The van der Waals surface area contributed by atoms with Crippen LogP contribution in [0.25, 0.3) is 0 Å². The number of para-hydroxylation sites is 1. The summed E-state index contributed by atoms with van der Waals surface area (Å²) < 4.78 is 5.64. The predicted octanol–water partition coefficient (Wildman–Crippen LogP) is 3.19. The van der Waals surface area contributed by atoms with E-state index in [4.69, 9.17) is 4.74 Å². The monoisotopic (exact) mass is 338 g/mol. The first-order valence-electron chi connectivity index (χ1n) is 9.03. The summed E-state index contributed by atoms with van der Waals surface area (Å²) in [4.78, 5) is 16.9. The predicted molar refractivity (Wildman–Crippen MR) is 99.5 cm³/mol. The molecular formula is C21H26N2O2. The molecule has 1 saturated heterocycles. The SMILES string of the molecule is O=C(CCOc1ccccc1)N1CCCN(Cc2ccccc2)CC1. The van der Waals surface area contributed by atoms with Crippen molar-refractivity contribution in [2.45, 2.75) is 19.4 Å². The molecule has 2 aromatic carbocycles. The van der Waals surface area contributed by atoms with Crippen molar-refractivity contribution in [2.75, 3.05) is 32.8 Å². The van der Waals surface area contributed by atoms with Crippen molar-refractivity contribution >= 4 is 5.91 Å². The number of amides is 1. The standard InChI is InChI=1S/C21H26N2O2/c24-21(12-17-25-20-10-5-2-6-11-20)23-14-7-13-22(15-16-23)18-19-8-3-1-4-9-19/h1-6,8-11H,7,12-18H2. The Kier molecular flexibility index (Phi) is 6.46. The van der Waals surface area contributed by atoms with Gasteiger partial charge in [0.05, 0.1) is 13.0 Å². The summed E-state index contributed by atoms with van der Waals surface area (Å²) in [6.07, 6.45) is 1.46. The molecule has 1 heterocycles. The van der Waals surface area contributed by atoms with Crippen molar-refractivity contribution in [3.05, 3.63) is 66.2 Å². The van der Waals surface area contributed by atoms with Crippen molar-refractivity contribution in [2.24, 2.45) is 0 Å². The minimum Gasteiger partial charge on any atom is -0.493 e. The summed E-state index contributed by atoms with van der Waals surface area (Å²) in [5.74, 6) is 1.01. The lowest BCUT2D eigenvalue weighted by molar-refractivity contribution is -0.131. The van der Waals surface area contributed by atoms with E-state index < -0.39 is 0 Å². The second-order valence-electron chi connectivity index (χ2n) is 6.41. The Bertz CT molecular complexity index is 645. The molecule has 2 aromatic rings. The molecule has 1 fully saturated rings. The number of rotatable bonds is 6. The third kappa shape index (κ3) is 5.61. The smallest absolute Gasteiger partial charge is 0.226 e. The molecule has 132 valence electrons. The van der Waals surface area contributed by atoms with Gasteiger partial charge in [0.25, 0.3) is 0 Å². The summed E-state index contributed by atoms with van der Waals surface area (Å²) in [6.45, 7) is 5.01. The van der Waals surface area contributed by atoms with Crippen molar-refractivity contribution < 1.29 is 9.53 Å². The quantitative estimate of drug-likeness (QED) is 0.811. The molecule has 25 heavy (non-hydrogen) atoms. The molecule has 1 amide bonds. The van der Waals surface area contributed by atoms with Crippen LogP contribution < -0.4 is 4.74 Å². The molecule has 1 aliphatic rings. The lowest BCUT2D eigenvalue weighted by atomic mass is 10.2. The zero-order valence-corrected chi connectivity index (χ0v) is 14.6. The first-order chi connectivity index (χ1) is 12.3. The number of benzene rings is 2. The van der Waals surface area contributed by atoms with Gasteiger partial charge in [0, 0.05) is 32.7 Å². The Morgan fingerprint density at radius 1 is 0.880 bits per heavy atom. The first-order valence-corrected chi connectivity index (χ1v) is 9.03. The summed E-state index contributed by atoms with van der Waals surface area (Å²) in [5.41, 5.74) is 1.33. The molecule has 0 spiro atoms. The maximum atomic E-state index is 12.4. The van der Waals surface area contributed by atoms with E-state index in [1.54, 1.807) is 0 Å². The van der Waals surface area contributed by atoms with E-state index in [9.17, 15) is 4.79 Å². The normalized spacial score (nSPS) is 15.6. The van der Waals surface area contributed by atoms with Gasteiger partial charge in [0.15, 0.2) is 0 Å². The Morgan fingerprint density at radius 3 is 2.36 bits per heavy atom. The van der Waals surface area contributed by atoms with Gasteiger partial charge in [0.1, 0.15) is 5.75 Å². The van der Waals surface area contributed by atoms with Crippen molar-refractivity contribution in [3.63, 3.8) is 0 Å². The number of hydrogen-bond donors (Lipinski definition) is 0. The van der Waals surface area contributed by atoms with E-state index in [0.29, 0.717) is 13.0 Å². The average molecular weight is 338 g/mol. The van der Waals surface area contributed by atoms with Crippen LogP contribution in [0.15, 0.2) is 60.7 Å². The van der Waals surface area contributed by atoms with Crippen LogP contribution in [0, 0.1) is 0 Å². The van der Waals surface area contributed by atoms with Gasteiger partial charge in [0.2, 0.25) is 5.91 Å². The number of carbonyl (C=O) groups is 1. The number of ether oxygens (including phenoxy) is 1. The summed E-state index contributed by atoms with van der Waals surface area (Å²) in [7, 11) is 0. The average Bonchev–Trinajstić information content (AvgIpc) is 2.89. The zero-order valence-electron chi connectivity index (χ0n) is 14.6. The molecule has 0 aromatic heterocycles. The van der Waals surface area contributed by atoms with E-state index in [1.807, 2.05) is 41.3 Å². The fourth-order valence-corrected chi connectivity index (χ4v) is 3.15. The Labute approximate surface area is 150 Å². The Hall–Kier alpha value is -2.33. The van der Waals surface area contributed by atoms with Crippen LogP contribution in [0.5, 0.6) is 5.75 Å². The number of hydrogen-bond acceptors (Lipinski definition) is 3. The van der Waals surface area contributed by atoms with Crippen molar-refractivity contribution in [1.29, 1.82) is 0 Å². The van der Waals surface area contributed by atoms with E-state index in [-0.39, 0.29) is 5.91 Å². The van der Waals surface area contributed by atoms with Crippen LogP contribution in [0.1, 0.15) is 18.4 Å². The summed E-state index contributed by atoms with van der Waals surface area (Å²) >= 11 is 0. The van der Waals surface area contributed by atoms with E-state index in [0.717, 1.165) is 44.9 Å². The van der Waals surface area contributed by atoms with Gasteiger partial charge >= 0.3 is 0 Å². The van der Waals surface area contributed by atoms with Gasteiger partial charge in [-0.15, -0.1) is 0 Å². The van der Waals surface area contributed by atoms with Crippen molar-refractivity contribution in [1.82, 2.24) is 9.80 Å². The van der Waals surface area contributed by atoms with Crippen LogP contribution >= 0.6 is 0 Å². The molecule has 0 saturated carbocycles. The highest BCUT2D eigenvalue weighted by Gasteiger charge is 2.19. The molecule has 0 radical (unpaired) electrons. The zero-order chi connectivity index (χ0) is 17.3. The second-order valence-corrected chi connectivity index (χ2v) is 6.41. The van der Waals surface area contributed by atoms with Crippen molar-refractivity contribution in [3.8, 4) is 5.75 Å². The van der Waals surface area contributed by atoms with Crippen LogP contribution in [0.3, 0.4) is 0 Å². The first kappa shape index (κ1) is 17.5. The number of nitrogens with zero attached hydrogens (tertiary/aromatic N) is 2. The highest BCUT2D eigenvalue weighted by atomic mass is 16.5. The largest absolute Gasteiger partial charge is 0.493 e. The highest BCUT2D eigenvalue weighted by molar-refractivity contribution is 5.76. The third-order valence-corrected chi connectivity index (χ3v) is 4.52. The molecular weight excluding hydrogens is 312 g/mol. The molecule has 0 N–H and O–H groups in total. The molecule has 0 unspecified atom stereocenters. The van der Waals surface area contributed by atoms with Crippen LogP contribution in [0.4, 0.5) is 0 Å². The van der Waals surface area contributed by atoms with Gasteiger partial charge in [-0.1, -0.05) is 48.5 Å². The second kappa shape index (κ2) is 9.23. The van der Waals surface area contributed by atoms with Crippen LogP contribution in [-0.4, -0.2) is 48.5 Å². The van der Waals surface area contributed by atoms with Gasteiger partial charge in [-0.05, 0) is 24.1 Å². The molecule has 1 aliphatic heterocycles. The molecule has 0 bridgehead atoms. The van der Waals surface area contributed by atoms with E-state index in [1.165, 1.54) is 5.56 Å². The lowest BCUT2D eigenvalue weighted by Crippen LogP contribution is -2.35. The van der Waals surface area contributed by atoms with E-state index >= 15 is 0 Å². The minimum absolute atomic E-state index is 0.192. The third-order valence-electron chi connectivity index (χ3n) is 4.52. The highest BCUT2D eigenvalue weighted by Crippen LogP contribution is 2.11. The maximum absolute atomic E-state index is 12.4. The lowest BCUT2D eigenvalue weighted by Gasteiger charge is -2.22. The molecule has 0 aliphatic carbocycles. The summed E-state index contributed by atoms with van der Waals surface area (Å²) in [5, 5.41) is 0. The van der Waals surface area contributed by atoms with Gasteiger partial charge < -0.3 is 9.64 Å². The van der Waals surface area contributed by atoms with Crippen LogP contribution in [-0.2, 0) is 11.3 Å². The molecule has 3 rings (SSSR count). The molecule has 0 atom stereocenters. The fourth-order valence-electron chi connectivity index (χ4n) is 3.15. The van der Waals surface area contributed by atoms with Gasteiger partial charge in [-0.25, -0.2) is 0 Å². The minimum atomic E-state index is 0.192. The Morgan fingerprint density at radius 2 is 1.60 bits per heavy atom. The fraction of sp³-hybridized carbons (Fsp3) is 0.381. The van der Waals surface area contributed by atoms with Crippen LogP contribution in [0.2, 0.25) is 0 Å². The van der Waals surface area contributed by atoms with Gasteiger partial charge in [-0.2, -0.15) is 0 Å². The maximum Gasteiger partial charge on any atom is 0.226 e. The van der Waals surface area contributed by atoms with Gasteiger partial charge in [-0.3, -0.25) is 9.69 Å². The Balaban J connectivity index is 1.42. The van der Waals surface area contributed by atoms with E-state index in [2.05, 4.69) is 29.2 Å². The molecule has 4 heteroatoms.